The molecule has 1 atom stereocenters. The molecule has 1 aliphatic heterocycles. The van der Waals surface area contributed by atoms with Crippen LogP contribution in [0.5, 0.6) is 0 Å². The molecule has 126 valence electrons. The van der Waals surface area contributed by atoms with Crippen molar-refractivity contribution >= 4 is 29.3 Å². The molecule has 3 rings (SSSR count). The van der Waals surface area contributed by atoms with Crippen molar-refractivity contribution in [2.75, 3.05) is 23.7 Å². The molecule has 24 heavy (non-hydrogen) atoms. The maximum atomic E-state index is 12.2. The van der Waals surface area contributed by atoms with E-state index in [9.17, 15) is 9.59 Å². The second kappa shape index (κ2) is 7.53. The molecular weight excluding hydrogens is 324 g/mol. The van der Waals surface area contributed by atoms with Crippen LogP contribution in [0.2, 0.25) is 0 Å². The summed E-state index contributed by atoms with van der Waals surface area (Å²) in [4.78, 5) is 27.1. The summed E-state index contributed by atoms with van der Waals surface area (Å²) in [6, 6.07) is 8.32. The van der Waals surface area contributed by atoms with Crippen LogP contribution in [0, 0.1) is 12.8 Å². The number of anilines is 1. The van der Waals surface area contributed by atoms with Crippen LogP contribution in [0.25, 0.3) is 0 Å². The lowest BCUT2D eigenvalue weighted by Gasteiger charge is -2.14. The number of nitrogens with zero attached hydrogens (tertiary/aromatic N) is 2. The molecule has 6 nitrogen and oxygen atoms in total. The fourth-order valence-electron chi connectivity index (χ4n) is 2.65. The topological polar surface area (TPSA) is 78.1 Å². The largest absolute Gasteiger partial charge is 0.355 e. The number of hydrogen-bond donors (Lipinski definition) is 2. The molecule has 0 radical (unpaired) electrons. The molecule has 0 unspecified atom stereocenters. The van der Waals surface area contributed by atoms with E-state index >= 15 is 0 Å². The second-order valence-electron chi connectivity index (χ2n) is 5.81. The van der Waals surface area contributed by atoms with Crippen molar-refractivity contribution in [2.24, 2.45) is 5.92 Å². The molecule has 0 saturated carbocycles. The highest BCUT2D eigenvalue weighted by Gasteiger charge is 2.35. The summed E-state index contributed by atoms with van der Waals surface area (Å²) in [5, 5.41) is 9.46. The van der Waals surface area contributed by atoms with Crippen molar-refractivity contribution in [3.63, 3.8) is 0 Å². The van der Waals surface area contributed by atoms with E-state index in [1.807, 2.05) is 0 Å². The molecule has 7 heteroatoms. The first kappa shape index (κ1) is 16.6. The monoisotopic (exact) mass is 344 g/mol. The molecular formula is C17H20N4O2S. The number of thioether (sulfide) groups is 1. The molecule has 1 aromatic heterocycles. The van der Waals surface area contributed by atoms with Gasteiger partial charge in [0.05, 0.1) is 17.8 Å². The summed E-state index contributed by atoms with van der Waals surface area (Å²) in [5.74, 6) is 0.419. The van der Waals surface area contributed by atoms with Crippen molar-refractivity contribution in [2.45, 2.75) is 18.2 Å². The predicted octanol–water partition coefficient (Wildman–Crippen LogP) is 1.98. The third-order valence-electron chi connectivity index (χ3n) is 3.98. The number of nitrogens with one attached hydrogen (secondary N) is 2. The Morgan fingerprint density at radius 3 is 2.92 bits per heavy atom. The first-order valence-electron chi connectivity index (χ1n) is 7.90. The minimum absolute atomic E-state index is 0.0365. The molecule has 2 amide bonds. The van der Waals surface area contributed by atoms with Crippen LogP contribution in [-0.4, -0.2) is 40.9 Å². The van der Waals surface area contributed by atoms with Crippen LogP contribution in [-0.2, 0) is 9.59 Å². The highest BCUT2D eigenvalue weighted by atomic mass is 32.2. The van der Waals surface area contributed by atoms with Gasteiger partial charge in [-0.15, -0.1) is 11.8 Å². The SMILES string of the molecule is Cc1ccc(SCCNC(=O)[C@H]2CC(=O)N(c3cn[nH]c3)C2)cc1. The Labute approximate surface area is 145 Å². The van der Waals surface area contributed by atoms with Crippen LogP contribution >= 0.6 is 11.8 Å². The quantitative estimate of drug-likeness (QED) is 0.620. The molecule has 1 aliphatic rings. The van der Waals surface area contributed by atoms with Gasteiger partial charge < -0.3 is 10.2 Å². The molecule has 2 heterocycles. The minimum Gasteiger partial charge on any atom is -0.355 e. The Kier molecular flexibility index (Phi) is 5.20. The molecule has 0 spiro atoms. The van der Waals surface area contributed by atoms with Gasteiger partial charge in [-0.05, 0) is 19.1 Å². The standard InChI is InChI=1S/C17H20N4O2S/c1-12-2-4-15(5-3-12)24-7-6-18-17(23)13-8-16(22)21(11-13)14-9-19-20-10-14/h2-5,9-10,13H,6-8,11H2,1H3,(H,18,23)(H,19,20)/t13-/m0/s1. The van der Waals surface area contributed by atoms with Crippen LogP contribution in [0.3, 0.4) is 0 Å². The van der Waals surface area contributed by atoms with Crippen LogP contribution in [0.15, 0.2) is 41.6 Å². The van der Waals surface area contributed by atoms with Crippen molar-refractivity contribution < 1.29 is 9.59 Å². The number of benzene rings is 1. The Hall–Kier alpha value is -2.28. The van der Waals surface area contributed by atoms with Crippen LogP contribution < -0.4 is 10.2 Å². The predicted molar refractivity (Wildman–Crippen MR) is 94.0 cm³/mol. The zero-order valence-corrected chi connectivity index (χ0v) is 14.3. The van der Waals surface area contributed by atoms with Gasteiger partial charge in [0.25, 0.3) is 0 Å². The van der Waals surface area contributed by atoms with Crippen LogP contribution in [0.1, 0.15) is 12.0 Å². The van der Waals surface area contributed by atoms with E-state index in [0.717, 1.165) is 5.75 Å². The summed E-state index contributed by atoms with van der Waals surface area (Å²) in [7, 11) is 0. The lowest BCUT2D eigenvalue weighted by Crippen LogP contribution is -2.34. The second-order valence-corrected chi connectivity index (χ2v) is 6.98. The van der Waals surface area contributed by atoms with Gasteiger partial charge in [0.15, 0.2) is 0 Å². The molecule has 0 aliphatic carbocycles. The van der Waals surface area contributed by atoms with Crippen molar-refractivity contribution in [3.05, 3.63) is 42.2 Å². The maximum absolute atomic E-state index is 12.2. The summed E-state index contributed by atoms with van der Waals surface area (Å²) >= 11 is 1.71. The third-order valence-corrected chi connectivity index (χ3v) is 5.00. The lowest BCUT2D eigenvalue weighted by atomic mass is 10.1. The van der Waals surface area contributed by atoms with Gasteiger partial charge >= 0.3 is 0 Å². The molecule has 2 aromatic rings. The van der Waals surface area contributed by atoms with Gasteiger partial charge in [0.1, 0.15) is 0 Å². The number of carbonyl (C=O) groups excluding carboxylic acids is 2. The van der Waals surface area contributed by atoms with Gasteiger partial charge in [0.2, 0.25) is 11.8 Å². The highest BCUT2D eigenvalue weighted by Crippen LogP contribution is 2.24. The van der Waals surface area contributed by atoms with Gasteiger partial charge in [0, 0.05) is 36.4 Å². The number of carbonyl (C=O) groups is 2. The van der Waals surface area contributed by atoms with Crippen molar-refractivity contribution in [1.82, 2.24) is 15.5 Å². The number of rotatable bonds is 6. The summed E-state index contributed by atoms with van der Waals surface area (Å²) in [5.41, 5.74) is 1.95. The third kappa shape index (κ3) is 3.97. The Bertz CT molecular complexity index is 700. The molecule has 1 saturated heterocycles. The fraction of sp³-hybridized carbons (Fsp3) is 0.353. The Morgan fingerprint density at radius 1 is 1.42 bits per heavy atom. The smallest absolute Gasteiger partial charge is 0.227 e. The molecule has 1 aromatic carbocycles. The highest BCUT2D eigenvalue weighted by molar-refractivity contribution is 7.99. The summed E-state index contributed by atoms with van der Waals surface area (Å²) < 4.78 is 0. The summed E-state index contributed by atoms with van der Waals surface area (Å²) in [6.07, 6.45) is 3.51. The van der Waals surface area contributed by atoms with E-state index < -0.39 is 0 Å². The van der Waals surface area contributed by atoms with Crippen molar-refractivity contribution in [1.29, 1.82) is 0 Å². The summed E-state index contributed by atoms with van der Waals surface area (Å²) in [6.45, 7) is 3.06. The normalized spacial score (nSPS) is 17.3. The van der Waals surface area contributed by atoms with Gasteiger partial charge in [-0.3, -0.25) is 14.7 Å². The molecule has 1 fully saturated rings. The van der Waals surface area contributed by atoms with E-state index in [-0.39, 0.29) is 24.2 Å². The fourth-order valence-corrected chi connectivity index (χ4v) is 3.41. The zero-order valence-electron chi connectivity index (χ0n) is 13.5. The first-order chi connectivity index (χ1) is 11.6. The number of aryl methyl sites for hydroxylation is 1. The number of H-pyrrole nitrogens is 1. The van der Waals surface area contributed by atoms with Crippen LogP contribution in [0.4, 0.5) is 5.69 Å². The zero-order chi connectivity index (χ0) is 16.9. The van der Waals surface area contributed by atoms with E-state index in [4.69, 9.17) is 0 Å². The van der Waals surface area contributed by atoms with Gasteiger partial charge in [-0.25, -0.2) is 0 Å². The van der Waals surface area contributed by atoms with Crippen molar-refractivity contribution in [3.8, 4) is 0 Å². The van der Waals surface area contributed by atoms with Gasteiger partial charge in [-0.1, -0.05) is 17.7 Å². The maximum Gasteiger partial charge on any atom is 0.227 e. The van der Waals surface area contributed by atoms with Gasteiger partial charge in [-0.2, -0.15) is 5.10 Å². The van der Waals surface area contributed by atoms with E-state index in [2.05, 4.69) is 46.7 Å². The number of aromatic amines is 1. The number of amides is 2. The molecule has 2 N–H and O–H groups in total. The average molecular weight is 344 g/mol. The van der Waals surface area contributed by atoms with E-state index in [1.54, 1.807) is 29.1 Å². The molecule has 0 bridgehead atoms. The number of hydrogen-bond acceptors (Lipinski definition) is 4. The Balaban J connectivity index is 1.42. The Morgan fingerprint density at radius 2 is 2.21 bits per heavy atom. The van der Waals surface area contributed by atoms with E-state index in [1.165, 1.54) is 10.5 Å². The average Bonchev–Trinajstić information content (AvgIpc) is 3.22. The van der Waals surface area contributed by atoms with E-state index in [0.29, 0.717) is 18.8 Å². The number of aromatic nitrogens is 2. The minimum atomic E-state index is -0.295. The first-order valence-corrected chi connectivity index (χ1v) is 8.88. The lowest BCUT2D eigenvalue weighted by molar-refractivity contribution is -0.126.